The second-order valence-electron chi connectivity index (χ2n) is 14.8. The molecule has 1 nitrogen and oxygen atoms in total. The molecule has 1 heteroatoms. The van der Waals surface area contributed by atoms with Crippen molar-refractivity contribution >= 4 is 54.3 Å². The van der Waals surface area contributed by atoms with Crippen molar-refractivity contribution < 1.29 is 4.42 Å². The summed E-state index contributed by atoms with van der Waals surface area (Å²) in [5, 5.41) is 9.95. The van der Waals surface area contributed by atoms with Crippen molar-refractivity contribution in [3.63, 3.8) is 0 Å². The third kappa shape index (κ3) is 4.05. The Kier molecular flexibility index (Phi) is 6.08. The maximum absolute atomic E-state index is 6.46. The van der Waals surface area contributed by atoms with Crippen LogP contribution in [0.1, 0.15) is 25.0 Å². The van der Waals surface area contributed by atoms with Gasteiger partial charge >= 0.3 is 0 Å². The first-order chi connectivity index (χ1) is 25.6. The van der Waals surface area contributed by atoms with Crippen molar-refractivity contribution in [2.24, 2.45) is 0 Å². The number of rotatable bonds is 3. The summed E-state index contributed by atoms with van der Waals surface area (Å²) in [6.45, 7) is 4.78. The Morgan fingerprint density at radius 2 is 0.827 bits per heavy atom. The molecule has 244 valence electrons. The summed E-state index contributed by atoms with van der Waals surface area (Å²) >= 11 is 0. The molecule has 11 rings (SSSR count). The lowest BCUT2D eigenvalue weighted by atomic mass is 9.79. The standard InChI is InChI=1S/C51H34O/c1-51(2)44-28-32(43-30-47-50(37-17-7-6-16-34(37)43)42-22-12-13-23-46(42)52-47)24-26-35(44)36-27-25-33(29-45(36)51)49-40-20-10-8-18-38(40)48(31-14-4-3-5-15-31)39-19-9-11-21-41(39)49/h3-30H,1-2H3. The van der Waals surface area contributed by atoms with Crippen LogP contribution in [-0.2, 0) is 5.41 Å². The van der Waals surface area contributed by atoms with Crippen LogP contribution in [0.3, 0.4) is 0 Å². The van der Waals surface area contributed by atoms with E-state index in [9.17, 15) is 0 Å². The van der Waals surface area contributed by atoms with E-state index < -0.39 is 0 Å². The normalized spacial score (nSPS) is 13.3. The molecule has 0 amide bonds. The lowest BCUT2D eigenvalue weighted by molar-refractivity contribution is 0.661. The van der Waals surface area contributed by atoms with Crippen molar-refractivity contribution in [1.82, 2.24) is 0 Å². The lowest BCUT2D eigenvalue weighted by Gasteiger charge is -2.23. The molecule has 9 aromatic carbocycles. The lowest BCUT2D eigenvalue weighted by Crippen LogP contribution is -2.15. The Labute approximate surface area is 302 Å². The highest BCUT2D eigenvalue weighted by molar-refractivity contribution is 6.23. The second-order valence-corrected chi connectivity index (χ2v) is 14.8. The zero-order valence-electron chi connectivity index (χ0n) is 29.1. The Hall–Kier alpha value is -6.44. The molecule has 1 heterocycles. The smallest absolute Gasteiger partial charge is 0.136 e. The molecule has 0 unspecified atom stereocenters. The summed E-state index contributed by atoms with van der Waals surface area (Å²) in [6, 6.07) is 62.3. The van der Waals surface area contributed by atoms with Crippen LogP contribution in [0.25, 0.3) is 98.8 Å². The molecule has 0 spiro atoms. The minimum Gasteiger partial charge on any atom is -0.456 e. The largest absolute Gasteiger partial charge is 0.456 e. The minimum atomic E-state index is -0.189. The molecule has 1 aromatic heterocycles. The summed E-state index contributed by atoms with van der Waals surface area (Å²) in [4.78, 5) is 0. The van der Waals surface area contributed by atoms with Crippen molar-refractivity contribution in [2.45, 2.75) is 19.3 Å². The second kappa shape index (κ2) is 10.8. The van der Waals surface area contributed by atoms with Gasteiger partial charge in [0.05, 0.1) is 0 Å². The van der Waals surface area contributed by atoms with Gasteiger partial charge in [-0.1, -0.05) is 159 Å². The Morgan fingerprint density at radius 1 is 0.346 bits per heavy atom. The molecule has 0 saturated carbocycles. The van der Waals surface area contributed by atoms with Crippen molar-refractivity contribution in [1.29, 1.82) is 0 Å². The van der Waals surface area contributed by atoms with Gasteiger partial charge in [-0.2, -0.15) is 0 Å². The highest BCUT2D eigenvalue weighted by atomic mass is 16.3. The van der Waals surface area contributed by atoms with Gasteiger partial charge in [0, 0.05) is 16.2 Å². The highest BCUT2D eigenvalue weighted by Crippen LogP contribution is 2.52. The molecule has 0 saturated heterocycles. The monoisotopic (exact) mass is 662 g/mol. The highest BCUT2D eigenvalue weighted by Gasteiger charge is 2.36. The van der Waals surface area contributed by atoms with Crippen LogP contribution in [0, 0.1) is 0 Å². The number of para-hydroxylation sites is 1. The average molecular weight is 663 g/mol. The topological polar surface area (TPSA) is 13.1 Å². The van der Waals surface area contributed by atoms with Crippen molar-refractivity contribution in [2.75, 3.05) is 0 Å². The first-order valence-corrected chi connectivity index (χ1v) is 18.2. The molecule has 52 heavy (non-hydrogen) atoms. The number of hydrogen-bond donors (Lipinski definition) is 0. The van der Waals surface area contributed by atoms with Crippen molar-refractivity contribution in [3.8, 4) is 44.5 Å². The summed E-state index contributed by atoms with van der Waals surface area (Å²) in [6.07, 6.45) is 0. The van der Waals surface area contributed by atoms with Gasteiger partial charge in [0.25, 0.3) is 0 Å². The number of furan rings is 1. The van der Waals surface area contributed by atoms with Gasteiger partial charge in [0.15, 0.2) is 0 Å². The van der Waals surface area contributed by atoms with Gasteiger partial charge in [0.1, 0.15) is 11.2 Å². The zero-order valence-corrected chi connectivity index (χ0v) is 29.1. The SMILES string of the molecule is CC1(C)c2cc(-c3c4ccccc4c(-c4ccccc4)c4ccccc34)ccc2-c2ccc(-c3cc4oc5ccccc5c4c4ccccc34)cc21. The maximum Gasteiger partial charge on any atom is 0.136 e. The predicted octanol–water partition coefficient (Wildman–Crippen LogP) is 14.4. The van der Waals surface area contributed by atoms with Crippen LogP contribution in [0.15, 0.2) is 174 Å². The van der Waals surface area contributed by atoms with E-state index in [4.69, 9.17) is 4.42 Å². The van der Waals surface area contributed by atoms with E-state index in [-0.39, 0.29) is 5.41 Å². The molecule has 0 aliphatic heterocycles. The van der Waals surface area contributed by atoms with E-state index in [0.29, 0.717) is 0 Å². The Bertz CT molecular complexity index is 3030. The van der Waals surface area contributed by atoms with Gasteiger partial charge in [0.2, 0.25) is 0 Å². The van der Waals surface area contributed by atoms with Crippen LogP contribution < -0.4 is 0 Å². The molecule has 0 N–H and O–H groups in total. The molecule has 0 radical (unpaired) electrons. The molecule has 10 aromatic rings. The third-order valence-corrected chi connectivity index (χ3v) is 11.7. The fourth-order valence-electron chi connectivity index (χ4n) is 9.24. The molecular formula is C51H34O. The van der Waals surface area contributed by atoms with Crippen LogP contribution in [0.5, 0.6) is 0 Å². The fraction of sp³-hybridized carbons (Fsp3) is 0.0588. The first kappa shape index (κ1) is 29.3. The van der Waals surface area contributed by atoms with Gasteiger partial charge < -0.3 is 4.42 Å². The van der Waals surface area contributed by atoms with E-state index in [1.54, 1.807) is 0 Å². The number of fused-ring (bicyclic) bond motifs is 10. The van der Waals surface area contributed by atoms with E-state index in [0.717, 1.165) is 16.6 Å². The quantitative estimate of drug-likeness (QED) is 0.172. The fourth-order valence-corrected chi connectivity index (χ4v) is 9.24. The maximum atomic E-state index is 6.46. The summed E-state index contributed by atoms with van der Waals surface area (Å²) in [5.74, 6) is 0. The number of benzene rings is 9. The Morgan fingerprint density at radius 3 is 1.46 bits per heavy atom. The van der Waals surface area contributed by atoms with E-state index >= 15 is 0 Å². The number of hydrogen-bond acceptors (Lipinski definition) is 1. The molecule has 0 fully saturated rings. The molecule has 1 aliphatic carbocycles. The van der Waals surface area contributed by atoms with Gasteiger partial charge in [-0.05, 0) is 112 Å². The minimum absolute atomic E-state index is 0.189. The van der Waals surface area contributed by atoms with Crippen LogP contribution in [0.4, 0.5) is 0 Å². The van der Waals surface area contributed by atoms with Gasteiger partial charge in [-0.3, -0.25) is 0 Å². The van der Waals surface area contributed by atoms with E-state index in [1.807, 2.05) is 6.07 Å². The van der Waals surface area contributed by atoms with E-state index in [1.165, 1.54) is 93.3 Å². The van der Waals surface area contributed by atoms with E-state index in [2.05, 4.69) is 178 Å². The molecule has 1 aliphatic rings. The molecular weight excluding hydrogens is 629 g/mol. The summed E-state index contributed by atoms with van der Waals surface area (Å²) in [5.41, 5.74) is 14.6. The Balaban J connectivity index is 1.09. The predicted molar refractivity (Wildman–Crippen MR) is 220 cm³/mol. The zero-order chi connectivity index (χ0) is 34.6. The van der Waals surface area contributed by atoms with Gasteiger partial charge in [-0.25, -0.2) is 0 Å². The summed E-state index contributed by atoms with van der Waals surface area (Å²) < 4.78 is 6.46. The van der Waals surface area contributed by atoms with Crippen LogP contribution in [0.2, 0.25) is 0 Å². The van der Waals surface area contributed by atoms with Crippen LogP contribution >= 0.6 is 0 Å². The van der Waals surface area contributed by atoms with Crippen molar-refractivity contribution in [3.05, 3.63) is 181 Å². The third-order valence-electron chi connectivity index (χ3n) is 11.7. The van der Waals surface area contributed by atoms with Crippen LogP contribution in [-0.4, -0.2) is 0 Å². The molecule has 0 atom stereocenters. The van der Waals surface area contributed by atoms with Gasteiger partial charge in [-0.15, -0.1) is 0 Å². The molecule has 0 bridgehead atoms. The first-order valence-electron chi connectivity index (χ1n) is 18.2. The average Bonchev–Trinajstić information content (AvgIpc) is 3.68. The summed E-state index contributed by atoms with van der Waals surface area (Å²) in [7, 11) is 0.